The summed E-state index contributed by atoms with van der Waals surface area (Å²) >= 11 is 1.19. The van der Waals surface area contributed by atoms with E-state index < -0.39 is 5.76 Å². The minimum Gasteiger partial charge on any atom is -0.408 e. The third-order valence-corrected chi connectivity index (χ3v) is 3.04. The molecule has 0 radical (unpaired) electrons. The normalized spacial score (nSPS) is 10.9. The molecule has 3 rings (SSSR count). The van der Waals surface area contributed by atoms with E-state index in [0.29, 0.717) is 16.2 Å². The summed E-state index contributed by atoms with van der Waals surface area (Å²) in [5.74, 6) is -0.461. The van der Waals surface area contributed by atoms with Gasteiger partial charge in [-0.25, -0.2) is 4.79 Å². The monoisotopic (exact) mass is 249 g/mol. The molecule has 86 valence electrons. The van der Waals surface area contributed by atoms with Crippen molar-refractivity contribution in [3.05, 3.63) is 28.7 Å². The van der Waals surface area contributed by atoms with Gasteiger partial charge >= 0.3 is 5.76 Å². The first-order valence-corrected chi connectivity index (χ1v) is 5.53. The topological polar surface area (TPSA) is 87.9 Å². The summed E-state index contributed by atoms with van der Waals surface area (Å²) in [6, 6.07) is 5.37. The molecule has 0 unspecified atom stereocenters. The van der Waals surface area contributed by atoms with Gasteiger partial charge in [0.05, 0.1) is 5.52 Å². The molecular weight excluding hydrogens is 242 g/mol. The Morgan fingerprint density at radius 2 is 2.35 bits per heavy atom. The van der Waals surface area contributed by atoms with Crippen LogP contribution in [-0.4, -0.2) is 26.8 Å². The number of H-pyrrole nitrogens is 1. The smallest absolute Gasteiger partial charge is 0.408 e. The fourth-order valence-electron chi connectivity index (χ4n) is 1.52. The van der Waals surface area contributed by atoms with Gasteiger partial charge in [-0.3, -0.25) is 4.98 Å². The van der Waals surface area contributed by atoms with Crippen molar-refractivity contribution < 1.29 is 4.42 Å². The van der Waals surface area contributed by atoms with Gasteiger partial charge in [-0.2, -0.15) is 0 Å². The maximum absolute atomic E-state index is 11.0. The second-order valence-corrected chi connectivity index (χ2v) is 4.11. The zero-order valence-corrected chi connectivity index (χ0v) is 9.56. The lowest BCUT2D eigenvalue weighted by atomic mass is 10.3. The second kappa shape index (κ2) is 3.67. The number of fused-ring (bicyclic) bond motifs is 1. The van der Waals surface area contributed by atoms with Gasteiger partial charge in [0.2, 0.25) is 5.13 Å². The van der Waals surface area contributed by atoms with Crippen molar-refractivity contribution in [2.75, 3.05) is 11.9 Å². The van der Waals surface area contributed by atoms with Gasteiger partial charge < -0.3 is 9.32 Å². The van der Waals surface area contributed by atoms with E-state index in [4.69, 9.17) is 4.42 Å². The quantitative estimate of drug-likeness (QED) is 0.732. The second-order valence-electron chi connectivity index (χ2n) is 3.40. The van der Waals surface area contributed by atoms with E-state index in [-0.39, 0.29) is 0 Å². The van der Waals surface area contributed by atoms with Gasteiger partial charge in [0.15, 0.2) is 5.58 Å². The van der Waals surface area contributed by atoms with Crippen LogP contribution in [0.4, 0.5) is 10.8 Å². The molecule has 2 aromatic heterocycles. The molecule has 0 fully saturated rings. The average molecular weight is 249 g/mol. The van der Waals surface area contributed by atoms with Gasteiger partial charge in [0.25, 0.3) is 0 Å². The molecule has 3 aromatic rings. The van der Waals surface area contributed by atoms with Crippen LogP contribution in [0.25, 0.3) is 11.1 Å². The van der Waals surface area contributed by atoms with Gasteiger partial charge in [-0.15, -0.1) is 0 Å². The van der Waals surface area contributed by atoms with Crippen LogP contribution in [0.15, 0.2) is 27.4 Å². The number of benzene rings is 1. The van der Waals surface area contributed by atoms with Crippen LogP contribution in [0, 0.1) is 0 Å². The molecule has 0 saturated heterocycles. The number of anilines is 2. The van der Waals surface area contributed by atoms with Crippen LogP contribution in [0.5, 0.6) is 0 Å². The Morgan fingerprint density at radius 3 is 3.12 bits per heavy atom. The van der Waals surface area contributed by atoms with E-state index in [0.717, 1.165) is 5.69 Å². The minimum atomic E-state index is -0.461. The van der Waals surface area contributed by atoms with Crippen molar-refractivity contribution in [2.45, 2.75) is 0 Å². The van der Waals surface area contributed by atoms with Crippen LogP contribution in [0.2, 0.25) is 0 Å². The third-order valence-electron chi connectivity index (χ3n) is 2.37. The van der Waals surface area contributed by atoms with Gasteiger partial charge in [-0.1, -0.05) is 9.59 Å². The Hall–Kier alpha value is -2.22. The van der Waals surface area contributed by atoms with Crippen LogP contribution < -0.4 is 10.7 Å². The molecule has 0 atom stereocenters. The molecule has 0 amide bonds. The molecule has 0 aliphatic carbocycles. The highest BCUT2D eigenvalue weighted by Crippen LogP contribution is 2.25. The standard InChI is InChI=1S/C9H7N5O2S/c1-14(8-11-12-13-17-8)5-2-3-7-6(4-5)10-9(15)16-7/h2-4H,1H3,(H,10,15). The SMILES string of the molecule is CN(c1ccc2oc(=O)[nH]c2c1)c1nnns1. The van der Waals surface area contributed by atoms with Gasteiger partial charge in [0, 0.05) is 24.3 Å². The predicted molar refractivity (Wildman–Crippen MR) is 62.6 cm³/mol. The first-order valence-electron chi connectivity index (χ1n) is 4.76. The largest absolute Gasteiger partial charge is 0.417 e. The van der Waals surface area contributed by atoms with E-state index in [1.165, 1.54) is 11.5 Å². The fraction of sp³-hybridized carbons (Fsp3) is 0.111. The number of hydrogen-bond acceptors (Lipinski definition) is 7. The first-order chi connectivity index (χ1) is 8.24. The number of aromatic amines is 1. The Morgan fingerprint density at radius 1 is 1.47 bits per heavy atom. The summed E-state index contributed by atoms with van der Waals surface area (Å²) in [6.45, 7) is 0. The fourth-order valence-corrected chi connectivity index (χ4v) is 1.96. The lowest BCUT2D eigenvalue weighted by Gasteiger charge is -2.13. The molecule has 2 heterocycles. The number of hydrogen-bond donors (Lipinski definition) is 1. The maximum Gasteiger partial charge on any atom is 0.417 e. The predicted octanol–water partition coefficient (Wildman–Crippen LogP) is 1.14. The summed E-state index contributed by atoms with van der Waals surface area (Å²) in [6.07, 6.45) is 0. The lowest BCUT2D eigenvalue weighted by molar-refractivity contribution is 0.555. The van der Waals surface area contributed by atoms with Crippen LogP contribution in [-0.2, 0) is 0 Å². The molecule has 0 aliphatic heterocycles. The van der Waals surface area contributed by atoms with E-state index in [2.05, 4.69) is 19.8 Å². The van der Waals surface area contributed by atoms with Crippen molar-refractivity contribution >= 4 is 33.5 Å². The molecule has 0 bridgehead atoms. The van der Waals surface area contributed by atoms with Crippen molar-refractivity contribution in [1.82, 2.24) is 19.8 Å². The van der Waals surface area contributed by atoms with Gasteiger partial charge in [0.1, 0.15) is 0 Å². The Balaban J connectivity index is 2.08. The summed E-state index contributed by atoms with van der Waals surface area (Å²) < 4.78 is 8.62. The highest BCUT2D eigenvalue weighted by Gasteiger charge is 2.10. The van der Waals surface area contributed by atoms with E-state index >= 15 is 0 Å². The van der Waals surface area contributed by atoms with Crippen molar-refractivity contribution in [1.29, 1.82) is 0 Å². The van der Waals surface area contributed by atoms with E-state index in [1.807, 2.05) is 24.1 Å². The highest BCUT2D eigenvalue weighted by atomic mass is 32.1. The molecule has 7 nitrogen and oxygen atoms in total. The third kappa shape index (κ3) is 1.68. The van der Waals surface area contributed by atoms with Crippen LogP contribution in [0.1, 0.15) is 0 Å². The molecule has 0 saturated carbocycles. The number of nitrogens with zero attached hydrogens (tertiary/aromatic N) is 4. The van der Waals surface area contributed by atoms with Gasteiger partial charge in [-0.05, 0) is 23.4 Å². The summed E-state index contributed by atoms with van der Waals surface area (Å²) in [5.41, 5.74) is 2.05. The highest BCUT2D eigenvalue weighted by molar-refractivity contribution is 7.09. The lowest BCUT2D eigenvalue weighted by Crippen LogP contribution is -2.08. The molecular formula is C9H7N5O2S. The molecule has 1 aromatic carbocycles. The Kier molecular flexibility index (Phi) is 2.15. The Labute approximate surface area is 98.8 Å². The molecule has 0 aliphatic rings. The molecule has 1 N–H and O–H groups in total. The number of rotatable bonds is 2. The number of oxazole rings is 1. The summed E-state index contributed by atoms with van der Waals surface area (Å²) in [4.78, 5) is 15.5. The summed E-state index contributed by atoms with van der Waals surface area (Å²) in [5, 5.41) is 8.08. The minimum absolute atomic E-state index is 0.461. The molecule has 17 heavy (non-hydrogen) atoms. The summed E-state index contributed by atoms with van der Waals surface area (Å²) in [7, 11) is 1.85. The van der Waals surface area contributed by atoms with E-state index in [1.54, 1.807) is 6.07 Å². The van der Waals surface area contributed by atoms with Crippen molar-refractivity contribution in [3.63, 3.8) is 0 Å². The number of nitrogens with one attached hydrogen (secondary N) is 1. The number of aromatic nitrogens is 4. The van der Waals surface area contributed by atoms with Crippen molar-refractivity contribution in [2.24, 2.45) is 0 Å². The first kappa shape index (κ1) is 9.97. The zero-order valence-electron chi connectivity index (χ0n) is 8.75. The maximum atomic E-state index is 11.0. The molecule has 0 spiro atoms. The average Bonchev–Trinajstić information content (AvgIpc) is 2.94. The Bertz CT molecular complexity index is 702. The zero-order chi connectivity index (χ0) is 11.8. The van der Waals surface area contributed by atoms with E-state index in [9.17, 15) is 4.79 Å². The van der Waals surface area contributed by atoms with Crippen LogP contribution >= 0.6 is 11.5 Å². The van der Waals surface area contributed by atoms with Crippen molar-refractivity contribution in [3.8, 4) is 0 Å². The van der Waals surface area contributed by atoms with Crippen LogP contribution in [0.3, 0.4) is 0 Å². The molecule has 8 heteroatoms.